The first-order chi connectivity index (χ1) is 12.2. The van der Waals surface area contributed by atoms with Crippen LogP contribution in [-0.2, 0) is 6.54 Å². The summed E-state index contributed by atoms with van der Waals surface area (Å²) in [6, 6.07) is 5.82. The van der Waals surface area contributed by atoms with Crippen molar-refractivity contribution in [3.05, 3.63) is 29.3 Å². The average molecular weight is 342 g/mol. The van der Waals surface area contributed by atoms with E-state index in [9.17, 15) is 10.2 Å². The summed E-state index contributed by atoms with van der Waals surface area (Å²) in [4.78, 5) is 18.8. The number of hydrogen-bond donors (Lipinski definition) is 3. The summed E-state index contributed by atoms with van der Waals surface area (Å²) in [5.41, 5.74) is 3.18. The molecule has 132 valence electrons. The first kappa shape index (κ1) is 17.4. The van der Waals surface area contributed by atoms with E-state index >= 15 is 0 Å². The van der Waals surface area contributed by atoms with E-state index in [1.165, 1.54) is 12.7 Å². The molecule has 0 amide bonds. The number of rotatable bonds is 7. The Hall–Kier alpha value is -2.42. The number of aliphatic hydroxyl groups excluding tert-OH is 2. The summed E-state index contributed by atoms with van der Waals surface area (Å²) < 4.78 is 0. The molecule has 0 fully saturated rings. The smallest absolute Gasteiger partial charge is 0.169 e. The van der Waals surface area contributed by atoms with Gasteiger partial charge in [-0.15, -0.1) is 0 Å². The fourth-order valence-corrected chi connectivity index (χ4v) is 2.78. The van der Waals surface area contributed by atoms with Crippen LogP contribution in [0.4, 0.5) is 5.69 Å². The van der Waals surface area contributed by atoms with Crippen LogP contribution < -0.4 is 5.32 Å². The summed E-state index contributed by atoms with van der Waals surface area (Å²) in [5.74, 6) is 1.33. The van der Waals surface area contributed by atoms with Crippen LogP contribution in [0.3, 0.4) is 0 Å². The fourth-order valence-electron chi connectivity index (χ4n) is 2.78. The van der Waals surface area contributed by atoms with Crippen molar-refractivity contribution in [2.24, 2.45) is 20.0 Å². The third-order valence-corrected chi connectivity index (χ3v) is 4.14. The predicted octanol–water partition coefficient (Wildman–Crippen LogP) is 0.443. The van der Waals surface area contributed by atoms with E-state index in [1.54, 1.807) is 0 Å². The number of nitrogens with one attached hydrogen (secondary N) is 1. The summed E-state index contributed by atoms with van der Waals surface area (Å²) in [7, 11) is 0. The number of amidine groups is 2. The minimum atomic E-state index is -0.268. The van der Waals surface area contributed by atoms with E-state index < -0.39 is 0 Å². The number of aryl methyl sites for hydroxylation is 1. The SMILES string of the molecule is Cc1ccc(NC2=NC=NC3=NC=NC32)cc1CN(CCO)CCO. The van der Waals surface area contributed by atoms with Crippen molar-refractivity contribution in [3.8, 4) is 0 Å². The van der Waals surface area contributed by atoms with Crippen molar-refractivity contribution in [1.82, 2.24) is 4.90 Å². The van der Waals surface area contributed by atoms with Gasteiger partial charge in [-0.25, -0.2) is 15.0 Å². The zero-order chi connectivity index (χ0) is 17.6. The van der Waals surface area contributed by atoms with Crippen molar-refractivity contribution in [2.75, 3.05) is 31.6 Å². The Kier molecular flexibility index (Phi) is 5.64. The van der Waals surface area contributed by atoms with E-state index in [0.717, 1.165) is 16.8 Å². The van der Waals surface area contributed by atoms with Gasteiger partial charge in [0.2, 0.25) is 0 Å². The summed E-state index contributed by atoms with van der Waals surface area (Å²) in [5, 5.41) is 21.7. The quantitative estimate of drug-likeness (QED) is 0.669. The molecule has 0 saturated carbocycles. The van der Waals surface area contributed by atoms with E-state index in [-0.39, 0.29) is 19.3 Å². The van der Waals surface area contributed by atoms with Gasteiger partial charge in [-0.2, -0.15) is 0 Å². The Labute approximate surface area is 146 Å². The lowest BCUT2D eigenvalue weighted by Gasteiger charge is -2.22. The minimum absolute atomic E-state index is 0.0644. The van der Waals surface area contributed by atoms with Crippen molar-refractivity contribution < 1.29 is 10.2 Å². The number of aliphatic hydroxyl groups is 2. The number of fused-ring (bicyclic) bond motifs is 1. The third-order valence-electron chi connectivity index (χ3n) is 4.14. The van der Waals surface area contributed by atoms with E-state index in [4.69, 9.17) is 0 Å². The molecule has 25 heavy (non-hydrogen) atoms. The van der Waals surface area contributed by atoms with E-state index in [1.807, 2.05) is 24.0 Å². The highest BCUT2D eigenvalue weighted by Crippen LogP contribution is 2.19. The standard InChI is InChI=1S/C17H22N6O2/c1-12-2-3-14(8-13(12)9-23(4-6-24)5-7-25)22-17-15-16(19-10-18-15)20-11-21-17/h2-3,8,10-11,15,24-25H,4-7,9H2,1H3,(H,18,19,20,21,22). The summed E-state index contributed by atoms with van der Waals surface area (Å²) in [6.07, 6.45) is 2.98. The molecule has 8 heteroatoms. The molecule has 2 aliphatic rings. The van der Waals surface area contributed by atoms with Crippen LogP contribution in [0.1, 0.15) is 11.1 Å². The van der Waals surface area contributed by atoms with E-state index in [2.05, 4.69) is 31.4 Å². The predicted molar refractivity (Wildman–Crippen MR) is 99.9 cm³/mol. The van der Waals surface area contributed by atoms with Crippen LogP contribution in [-0.4, -0.2) is 71.8 Å². The monoisotopic (exact) mass is 342 g/mol. The van der Waals surface area contributed by atoms with Gasteiger partial charge in [0.05, 0.1) is 13.2 Å². The highest BCUT2D eigenvalue weighted by molar-refractivity contribution is 6.23. The van der Waals surface area contributed by atoms with Crippen LogP contribution in [0.25, 0.3) is 0 Å². The first-order valence-corrected chi connectivity index (χ1v) is 8.21. The summed E-state index contributed by atoms with van der Waals surface area (Å²) >= 11 is 0. The Morgan fingerprint density at radius 2 is 1.92 bits per heavy atom. The lowest BCUT2D eigenvalue weighted by Crippen LogP contribution is -2.34. The lowest BCUT2D eigenvalue weighted by molar-refractivity contribution is 0.155. The Bertz CT molecular complexity index is 735. The molecule has 2 aliphatic heterocycles. The Morgan fingerprint density at radius 3 is 2.68 bits per heavy atom. The number of nitrogens with zero attached hydrogens (tertiary/aromatic N) is 5. The number of aliphatic imine (C=N–C) groups is 4. The highest BCUT2D eigenvalue weighted by atomic mass is 16.3. The lowest BCUT2D eigenvalue weighted by atomic mass is 10.1. The molecule has 1 atom stereocenters. The van der Waals surface area contributed by atoms with Crippen LogP contribution in [0.2, 0.25) is 0 Å². The van der Waals surface area contributed by atoms with Gasteiger partial charge < -0.3 is 15.5 Å². The molecule has 0 bridgehead atoms. The molecular weight excluding hydrogens is 320 g/mol. The highest BCUT2D eigenvalue weighted by Gasteiger charge is 2.26. The number of anilines is 1. The fraction of sp³-hybridized carbons (Fsp3) is 0.412. The topological polar surface area (TPSA) is 105 Å². The largest absolute Gasteiger partial charge is 0.395 e. The number of benzene rings is 1. The molecule has 0 saturated heterocycles. The second kappa shape index (κ2) is 8.11. The molecule has 1 aromatic rings. The van der Waals surface area contributed by atoms with Gasteiger partial charge >= 0.3 is 0 Å². The Morgan fingerprint density at radius 1 is 1.12 bits per heavy atom. The van der Waals surface area contributed by atoms with Gasteiger partial charge in [-0.3, -0.25) is 9.89 Å². The van der Waals surface area contributed by atoms with Crippen LogP contribution >= 0.6 is 0 Å². The minimum Gasteiger partial charge on any atom is -0.395 e. The molecule has 1 aromatic carbocycles. The molecule has 8 nitrogen and oxygen atoms in total. The molecule has 2 heterocycles. The van der Waals surface area contributed by atoms with Crippen molar-refractivity contribution in [2.45, 2.75) is 19.5 Å². The molecule has 0 spiro atoms. The van der Waals surface area contributed by atoms with Crippen molar-refractivity contribution in [1.29, 1.82) is 0 Å². The van der Waals surface area contributed by atoms with Gasteiger partial charge in [-0.05, 0) is 30.2 Å². The van der Waals surface area contributed by atoms with Gasteiger partial charge in [0.1, 0.15) is 18.5 Å². The second-order valence-electron chi connectivity index (χ2n) is 5.90. The van der Waals surface area contributed by atoms with E-state index in [0.29, 0.717) is 31.3 Å². The zero-order valence-electron chi connectivity index (χ0n) is 14.1. The molecule has 1 unspecified atom stereocenters. The van der Waals surface area contributed by atoms with Crippen LogP contribution in [0.5, 0.6) is 0 Å². The maximum atomic E-state index is 9.18. The van der Waals surface area contributed by atoms with Gasteiger partial charge in [0.15, 0.2) is 11.9 Å². The molecule has 0 radical (unpaired) electrons. The second-order valence-corrected chi connectivity index (χ2v) is 5.90. The Balaban J connectivity index is 1.75. The molecule has 0 aromatic heterocycles. The maximum absolute atomic E-state index is 9.18. The van der Waals surface area contributed by atoms with Gasteiger partial charge in [-0.1, -0.05) is 6.07 Å². The normalized spacial score (nSPS) is 18.3. The number of hydrogen-bond acceptors (Lipinski definition) is 8. The van der Waals surface area contributed by atoms with Crippen molar-refractivity contribution in [3.63, 3.8) is 0 Å². The molecule has 3 N–H and O–H groups in total. The molecule has 3 rings (SSSR count). The maximum Gasteiger partial charge on any atom is 0.169 e. The van der Waals surface area contributed by atoms with Gasteiger partial charge in [0, 0.05) is 25.3 Å². The zero-order valence-corrected chi connectivity index (χ0v) is 14.1. The summed E-state index contributed by atoms with van der Waals surface area (Å²) in [6.45, 7) is 3.88. The third kappa shape index (κ3) is 4.16. The van der Waals surface area contributed by atoms with Crippen LogP contribution in [0, 0.1) is 6.92 Å². The molecular formula is C17H22N6O2. The van der Waals surface area contributed by atoms with Crippen LogP contribution in [0.15, 0.2) is 38.2 Å². The van der Waals surface area contributed by atoms with Crippen molar-refractivity contribution >= 4 is 30.0 Å². The average Bonchev–Trinajstić information content (AvgIpc) is 3.08. The first-order valence-electron chi connectivity index (χ1n) is 8.21. The molecule has 0 aliphatic carbocycles. The van der Waals surface area contributed by atoms with Gasteiger partial charge in [0.25, 0.3) is 0 Å².